The number of ether oxygens (including phenoxy) is 2. The number of likely N-dealkylation sites (N-methyl/N-ethyl adjacent to an activating group) is 1. The Labute approximate surface area is 161 Å². The van der Waals surface area contributed by atoms with Gasteiger partial charge in [0.05, 0.1) is 14.2 Å². The number of nitrogens with zero attached hydrogens (tertiary/aromatic N) is 2. The van der Waals surface area contributed by atoms with Crippen molar-refractivity contribution in [2.24, 2.45) is 0 Å². The quantitative estimate of drug-likeness (QED) is 0.750. The van der Waals surface area contributed by atoms with Gasteiger partial charge in [0.2, 0.25) is 5.91 Å². The molecule has 144 valence electrons. The molecule has 1 fully saturated rings. The fraction of sp³-hybridized carbons (Fsp3) is 0.409. The molecule has 5 nitrogen and oxygen atoms in total. The molecule has 0 aliphatic carbocycles. The Hall–Kier alpha value is -2.53. The topological polar surface area (TPSA) is 42.0 Å². The van der Waals surface area contributed by atoms with E-state index in [1.807, 2.05) is 60.5 Å². The fourth-order valence-electron chi connectivity index (χ4n) is 3.67. The summed E-state index contributed by atoms with van der Waals surface area (Å²) in [6.07, 6.45) is 2.17. The van der Waals surface area contributed by atoms with Crippen LogP contribution < -0.4 is 9.47 Å². The van der Waals surface area contributed by atoms with Crippen LogP contribution >= 0.6 is 0 Å². The molecule has 1 atom stereocenters. The minimum Gasteiger partial charge on any atom is -0.497 e. The Morgan fingerprint density at radius 2 is 1.78 bits per heavy atom. The molecule has 0 aromatic heterocycles. The van der Waals surface area contributed by atoms with Gasteiger partial charge in [-0.3, -0.25) is 9.69 Å². The van der Waals surface area contributed by atoms with Crippen LogP contribution in [0.3, 0.4) is 0 Å². The molecule has 0 unspecified atom stereocenters. The number of amides is 1. The van der Waals surface area contributed by atoms with E-state index < -0.39 is 0 Å². The molecule has 0 spiro atoms. The number of benzene rings is 2. The highest BCUT2D eigenvalue weighted by atomic mass is 16.5. The van der Waals surface area contributed by atoms with Crippen molar-refractivity contribution in [3.8, 4) is 11.5 Å². The van der Waals surface area contributed by atoms with E-state index in [0.29, 0.717) is 6.54 Å². The van der Waals surface area contributed by atoms with E-state index in [1.54, 1.807) is 14.2 Å². The number of carbonyl (C=O) groups excluding carboxylic acids is 1. The van der Waals surface area contributed by atoms with Crippen molar-refractivity contribution in [1.82, 2.24) is 9.80 Å². The number of hydrogen-bond donors (Lipinski definition) is 0. The average Bonchev–Trinajstić information content (AvgIpc) is 3.24. The fourth-order valence-corrected chi connectivity index (χ4v) is 3.67. The summed E-state index contributed by atoms with van der Waals surface area (Å²) in [7, 11) is 5.29. The molecular formula is C22H28N2O3. The number of likely N-dealkylation sites (tertiary alicyclic amines) is 1. The maximum atomic E-state index is 13.3. The van der Waals surface area contributed by atoms with Gasteiger partial charge in [0.15, 0.2) is 0 Å². The summed E-state index contributed by atoms with van der Waals surface area (Å²) in [5.41, 5.74) is 2.04. The average molecular weight is 368 g/mol. The standard InChI is InChI=1S/C22H28N2O3/c1-23(16-18-11-12-19(26-2)15-20(18)27-3)21(17-9-5-4-6-10-17)22(25)24-13-7-8-14-24/h4-6,9-12,15,21H,7-8,13-14,16H2,1-3H3/t21-/m0/s1. The minimum absolute atomic E-state index is 0.175. The van der Waals surface area contributed by atoms with Crippen molar-refractivity contribution in [2.45, 2.75) is 25.4 Å². The maximum Gasteiger partial charge on any atom is 0.244 e. The van der Waals surface area contributed by atoms with Crippen LogP contribution in [0.5, 0.6) is 11.5 Å². The van der Waals surface area contributed by atoms with Crippen LogP contribution in [0, 0.1) is 0 Å². The van der Waals surface area contributed by atoms with E-state index in [4.69, 9.17) is 9.47 Å². The minimum atomic E-state index is -0.309. The van der Waals surface area contributed by atoms with E-state index in [9.17, 15) is 4.79 Å². The Balaban J connectivity index is 1.87. The Bertz CT molecular complexity index is 757. The second kappa shape index (κ2) is 8.91. The summed E-state index contributed by atoms with van der Waals surface area (Å²) in [4.78, 5) is 17.3. The van der Waals surface area contributed by atoms with Gasteiger partial charge in [-0.25, -0.2) is 0 Å². The second-order valence-corrected chi connectivity index (χ2v) is 6.94. The predicted octanol–water partition coefficient (Wildman–Crippen LogP) is 3.50. The molecule has 27 heavy (non-hydrogen) atoms. The van der Waals surface area contributed by atoms with E-state index in [2.05, 4.69) is 4.90 Å². The van der Waals surface area contributed by atoms with E-state index in [0.717, 1.165) is 48.6 Å². The third kappa shape index (κ3) is 4.42. The zero-order valence-corrected chi connectivity index (χ0v) is 16.4. The summed E-state index contributed by atoms with van der Waals surface area (Å²) in [5.74, 6) is 1.70. The molecule has 1 heterocycles. The van der Waals surface area contributed by atoms with Crippen LogP contribution in [-0.4, -0.2) is 50.1 Å². The van der Waals surface area contributed by atoms with E-state index in [-0.39, 0.29) is 11.9 Å². The third-order valence-corrected chi connectivity index (χ3v) is 5.12. The van der Waals surface area contributed by atoms with Crippen LogP contribution in [0.2, 0.25) is 0 Å². The lowest BCUT2D eigenvalue weighted by Gasteiger charge is -2.31. The summed E-state index contributed by atoms with van der Waals surface area (Å²) in [5, 5.41) is 0. The van der Waals surface area contributed by atoms with Crippen LogP contribution in [0.15, 0.2) is 48.5 Å². The molecule has 0 saturated carbocycles. The summed E-state index contributed by atoms with van der Waals surface area (Å²) >= 11 is 0. The van der Waals surface area contributed by atoms with Crippen LogP contribution in [0.4, 0.5) is 0 Å². The van der Waals surface area contributed by atoms with Crippen LogP contribution in [0.25, 0.3) is 0 Å². The van der Waals surface area contributed by atoms with Crippen molar-refractivity contribution in [2.75, 3.05) is 34.4 Å². The first-order valence-electron chi connectivity index (χ1n) is 9.39. The monoisotopic (exact) mass is 368 g/mol. The van der Waals surface area contributed by atoms with Crippen molar-refractivity contribution < 1.29 is 14.3 Å². The number of carbonyl (C=O) groups is 1. The van der Waals surface area contributed by atoms with Crippen LogP contribution in [-0.2, 0) is 11.3 Å². The molecule has 3 rings (SSSR count). The number of rotatable bonds is 7. The second-order valence-electron chi connectivity index (χ2n) is 6.94. The Morgan fingerprint density at radius 3 is 2.41 bits per heavy atom. The lowest BCUT2D eigenvalue weighted by molar-refractivity contribution is -0.136. The van der Waals surface area contributed by atoms with Gasteiger partial charge in [-0.2, -0.15) is 0 Å². The van der Waals surface area contributed by atoms with Crippen molar-refractivity contribution in [3.63, 3.8) is 0 Å². The maximum absolute atomic E-state index is 13.3. The van der Waals surface area contributed by atoms with Gasteiger partial charge in [-0.15, -0.1) is 0 Å². The molecule has 1 amide bonds. The van der Waals surface area contributed by atoms with Gasteiger partial charge < -0.3 is 14.4 Å². The van der Waals surface area contributed by atoms with Crippen molar-refractivity contribution >= 4 is 5.91 Å². The van der Waals surface area contributed by atoms with Gasteiger partial charge in [0.25, 0.3) is 0 Å². The predicted molar refractivity (Wildman–Crippen MR) is 106 cm³/mol. The molecule has 0 radical (unpaired) electrons. The zero-order valence-electron chi connectivity index (χ0n) is 16.4. The molecular weight excluding hydrogens is 340 g/mol. The smallest absolute Gasteiger partial charge is 0.244 e. The zero-order chi connectivity index (χ0) is 19.2. The molecule has 0 bridgehead atoms. The largest absolute Gasteiger partial charge is 0.497 e. The molecule has 2 aromatic carbocycles. The Kier molecular flexibility index (Phi) is 6.35. The number of methoxy groups -OCH3 is 2. The molecule has 2 aromatic rings. The molecule has 1 saturated heterocycles. The molecule has 1 aliphatic rings. The highest BCUT2D eigenvalue weighted by Gasteiger charge is 2.31. The van der Waals surface area contributed by atoms with Gasteiger partial charge in [-0.1, -0.05) is 36.4 Å². The summed E-state index contributed by atoms with van der Waals surface area (Å²) < 4.78 is 10.8. The lowest BCUT2D eigenvalue weighted by atomic mass is 10.0. The van der Waals surface area contributed by atoms with Gasteiger partial charge >= 0.3 is 0 Å². The van der Waals surface area contributed by atoms with Crippen molar-refractivity contribution in [3.05, 3.63) is 59.7 Å². The van der Waals surface area contributed by atoms with E-state index >= 15 is 0 Å². The SMILES string of the molecule is COc1ccc(CN(C)[C@H](C(=O)N2CCCC2)c2ccccc2)c(OC)c1. The first-order chi connectivity index (χ1) is 13.1. The van der Waals surface area contributed by atoms with Gasteiger partial charge in [-0.05, 0) is 31.5 Å². The highest BCUT2D eigenvalue weighted by Crippen LogP contribution is 2.30. The third-order valence-electron chi connectivity index (χ3n) is 5.12. The molecule has 1 aliphatic heterocycles. The molecule has 5 heteroatoms. The highest BCUT2D eigenvalue weighted by molar-refractivity contribution is 5.83. The first-order valence-corrected chi connectivity index (χ1v) is 9.39. The first kappa shape index (κ1) is 19.2. The van der Waals surface area contributed by atoms with Gasteiger partial charge in [0, 0.05) is 31.3 Å². The Morgan fingerprint density at radius 1 is 1.07 bits per heavy atom. The number of hydrogen-bond acceptors (Lipinski definition) is 4. The summed E-state index contributed by atoms with van der Waals surface area (Å²) in [6, 6.07) is 15.5. The van der Waals surface area contributed by atoms with Crippen molar-refractivity contribution in [1.29, 1.82) is 0 Å². The lowest BCUT2D eigenvalue weighted by Crippen LogP contribution is -2.40. The summed E-state index contributed by atoms with van der Waals surface area (Å²) in [6.45, 7) is 2.30. The van der Waals surface area contributed by atoms with Gasteiger partial charge in [0.1, 0.15) is 17.5 Å². The van der Waals surface area contributed by atoms with E-state index in [1.165, 1.54) is 0 Å². The normalized spacial score (nSPS) is 15.0. The van der Waals surface area contributed by atoms with Crippen LogP contribution in [0.1, 0.15) is 30.0 Å². The molecule has 0 N–H and O–H groups in total.